The summed E-state index contributed by atoms with van der Waals surface area (Å²) in [5.74, 6) is 1.87. The highest BCUT2D eigenvalue weighted by molar-refractivity contribution is 7.99. The van der Waals surface area contributed by atoms with Gasteiger partial charge < -0.3 is 4.42 Å². The highest BCUT2D eigenvalue weighted by atomic mass is 32.2. The zero-order valence-corrected chi connectivity index (χ0v) is 16.2. The number of aromatic nitrogens is 6. The molecule has 9 heteroatoms. The average molecular weight is 397 g/mol. The number of hydrogen-bond donors (Lipinski definition) is 0. The topological polar surface area (TPSA) is 82.5 Å². The Morgan fingerprint density at radius 3 is 2.81 bits per heavy atom. The summed E-state index contributed by atoms with van der Waals surface area (Å²) in [4.78, 5) is 5.01. The first kappa shape index (κ1) is 17.6. The first-order valence-electron chi connectivity index (χ1n) is 8.24. The quantitative estimate of drug-likeness (QED) is 0.336. The molecular weight excluding hydrogens is 380 g/mol. The summed E-state index contributed by atoms with van der Waals surface area (Å²) in [6, 6.07) is 7.74. The van der Waals surface area contributed by atoms with Gasteiger partial charge in [0, 0.05) is 24.5 Å². The van der Waals surface area contributed by atoms with Crippen molar-refractivity contribution >= 4 is 23.1 Å². The van der Waals surface area contributed by atoms with Crippen molar-refractivity contribution < 1.29 is 4.42 Å². The van der Waals surface area contributed by atoms with E-state index < -0.39 is 0 Å². The number of thiophene rings is 1. The minimum atomic E-state index is -0.0655. The lowest BCUT2D eigenvalue weighted by molar-refractivity contribution is 0.509. The van der Waals surface area contributed by atoms with Crippen molar-refractivity contribution in [2.75, 3.05) is 0 Å². The van der Waals surface area contributed by atoms with Gasteiger partial charge in [0.25, 0.3) is 5.89 Å². The average Bonchev–Trinajstić information content (AvgIpc) is 3.44. The van der Waals surface area contributed by atoms with Gasteiger partial charge in [0.2, 0.25) is 5.89 Å². The number of rotatable bonds is 7. The molecule has 4 rings (SSSR count). The summed E-state index contributed by atoms with van der Waals surface area (Å²) < 4.78 is 7.85. The standard InChI is InChI=1S/C18H16N6OS2/c1-3-10-24-15(13-6-8-19-9-7-13)20-23-18(24)27-12(2)16-21-22-17(25-16)14-5-4-11-26-14/h3-9,11-12H,1,10H2,2H3/t12-/m0/s1. The highest BCUT2D eigenvalue weighted by Gasteiger charge is 2.21. The van der Waals surface area contributed by atoms with E-state index in [4.69, 9.17) is 4.42 Å². The molecular formula is C18H16N6OS2. The van der Waals surface area contributed by atoms with Crippen LogP contribution in [0.5, 0.6) is 0 Å². The van der Waals surface area contributed by atoms with Crippen molar-refractivity contribution in [1.82, 2.24) is 29.9 Å². The predicted octanol–water partition coefficient (Wildman–Crippen LogP) is 4.49. The van der Waals surface area contributed by atoms with Gasteiger partial charge in [0.15, 0.2) is 11.0 Å². The van der Waals surface area contributed by atoms with Crippen LogP contribution in [0.2, 0.25) is 0 Å². The number of allylic oxidation sites excluding steroid dienone is 1. The fourth-order valence-corrected chi connectivity index (χ4v) is 4.02. The van der Waals surface area contributed by atoms with E-state index in [2.05, 4.69) is 32.0 Å². The smallest absolute Gasteiger partial charge is 0.257 e. The third-order valence-electron chi connectivity index (χ3n) is 3.77. The SMILES string of the molecule is C=CCn1c(S[C@@H](C)c2nnc(-c3cccs3)o2)nnc1-c1ccncc1. The molecule has 0 amide bonds. The third kappa shape index (κ3) is 3.69. The Bertz CT molecular complexity index is 1030. The molecule has 0 fully saturated rings. The van der Waals surface area contributed by atoms with Crippen molar-refractivity contribution in [2.45, 2.75) is 23.9 Å². The number of thioether (sulfide) groups is 1. The molecule has 0 aliphatic rings. The van der Waals surface area contributed by atoms with Crippen LogP contribution in [0.1, 0.15) is 18.1 Å². The van der Waals surface area contributed by atoms with E-state index in [1.807, 2.05) is 47.2 Å². The van der Waals surface area contributed by atoms with E-state index in [0.717, 1.165) is 21.4 Å². The largest absolute Gasteiger partial charge is 0.419 e. The van der Waals surface area contributed by atoms with Gasteiger partial charge in [-0.2, -0.15) is 0 Å². The van der Waals surface area contributed by atoms with Gasteiger partial charge in [-0.1, -0.05) is 23.9 Å². The summed E-state index contributed by atoms with van der Waals surface area (Å²) in [5.41, 5.74) is 0.955. The third-order valence-corrected chi connectivity index (χ3v) is 5.70. The molecule has 0 N–H and O–H groups in total. The summed E-state index contributed by atoms with van der Waals surface area (Å²) in [5, 5.41) is 19.7. The van der Waals surface area contributed by atoms with Gasteiger partial charge in [-0.3, -0.25) is 9.55 Å². The maximum Gasteiger partial charge on any atom is 0.257 e. The van der Waals surface area contributed by atoms with E-state index in [0.29, 0.717) is 18.3 Å². The van der Waals surface area contributed by atoms with E-state index in [1.165, 1.54) is 11.8 Å². The minimum absolute atomic E-state index is 0.0655. The van der Waals surface area contributed by atoms with Crippen LogP contribution in [0.4, 0.5) is 0 Å². The Hall–Kier alpha value is -2.78. The Kier molecular flexibility index (Phi) is 5.12. The second-order valence-corrected chi connectivity index (χ2v) is 7.88. The normalized spacial score (nSPS) is 12.2. The summed E-state index contributed by atoms with van der Waals surface area (Å²) in [6.07, 6.45) is 5.30. The summed E-state index contributed by atoms with van der Waals surface area (Å²) in [6.45, 7) is 6.45. The minimum Gasteiger partial charge on any atom is -0.419 e. The number of pyridine rings is 1. The van der Waals surface area contributed by atoms with Crippen molar-refractivity contribution in [3.8, 4) is 22.2 Å². The van der Waals surface area contributed by atoms with Crippen LogP contribution >= 0.6 is 23.1 Å². The number of hydrogen-bond acceptors (Lipinski definition) is 8. The molecule has 0 unspecified atom stereocenters. The van der Waals surface area contributed by atoms with Crippen molar-refractivity contribution in [1.29, 1.82) is 0 Å². The molecule has 0 aliphatic carbocycles. The summed E-state index contributed by atoms with van der Waals surface area (Å²) in [7, 11) is 0. The van der Waals surface area contributed by atoms with E-state index in [-0.39, 0.29) is 5.25 Å². The lowest BCUT2D eigenvalue weighted by atomic mass is 10.2. The lowest BCUT2D eigenvalue weighted by Gasteiger charge is -2.09. The van der Waals surface area contributed by atoms with Crippen LogP contribution in [0, 0.1) is 0 Å². The van der Waals surface area contributed by atoms with Gasteiger partial charge >= 0.3 is 0 Å². The zero-order chi connectivity index (χ0) is 18.6. The molecule has 0 aliphatic heterocycles. The van der Waals surface area contributed by atoms with Gasteiger partial charge in [-0.25, -0.2) is 0 Å². The fourth-order valence-electron chi connectivity index (χ4n) is 2.49. The molecule has 0 radical (unpaired) electrons. The Morgan fingerprint density at radius 1 is 1.22 bits per heavy atom. The molecule has 7 nitrogen and oxygen atoms in total. The van der Waals surface area contributed by atoms with Crippen molar-refractivity contribution in [2.24, 2.45) is 0 Å². The second kappa shape index (κ2) is 7.85. The Morgan fingerprint density at radius 2 is 2.07 bits per heavy atom. The maximum absolute atomic E-state index is 5.83. The number of nitrogens with zero attached hydrogens (tertiary/aromatic N) is 6. The first-order chi connectivity index (χ1) is 13.3. The molecule has 1 atom stereocenters. The molecule has 4 heterocycles. The molecule has 0 bridgehead atoms. The highest BCUT2D eigenvalue weighted by Crippen LogP contribution is 2.36. The van der Waals surface area contributed by atoms with Crippen LogP contribution in [0.15, 0.2) is 64.3 Å². The van der Waals surface area contributed by atoms with Gasteiger partial charge in [0.05, 0.1) is 10.1 Å². The van der Waals surface area contributed by atoms with Crippen LogP contribution in [-0.2, 0) is 6.54 Å². The summed E-state index contributed by atoms with van der Waals surface area (Å²) >= 11 is 3.09. The van der Waals surface area contributed by atoms with Crippen LogP contribution < -0.4 is 0 Å². The van der Waals surface area contributed by atoms with Gasteiger partial charge in [0.1, 0.15) is 0 Å². The molecule has 27 heavy (non-hydrogen) atoms. The Labute approximate surface area is 164 Å². The van der Waals surface area contributed by atoms with Gasteiger partial charge in [-0.05, 0) is 30.5 Å². The van der Waals surface area contributed by atoms with Crippen LogP contribution in [0.3, 0.4) is 0 Å². The maximum atomic E-state index is 5.83. The fraction of sp³-hybridized carbons (Fsp3) is 0.167. The molecule has 4 aromatic heterocycles. The van der Waals surface area contributed by atoms with E-state index in [1.54, 1.807) is 23.7 Å². The van der Waals surface area contributed by atoms with Crippen molar-refractivity contribution in [3.63, 3.8) is 0 Å². The lowest BCUT2D eigenvalue weighted by Crippen LogP contribution is -2.02. The molecule has 0 saturated carbocycles. The van der Waals surface area contributed by atoms with Crippen LogP contribution in [-0.4, -0.2) is 29.9 Å². The monoisotopic (exact) mass is 396 g/mol. The molecule has 4 aromatic rings. The molecule has 0 aromatic carbocycles. The zero-order valence-electron chi connectivity index (χ0n) is 14.5. The molecule has 136 valence electrons. The molecule has 0 saturated heterocycles. The van der Waals surface area contributed by atoms with E-state index in [9.17, 15) is 0 Å². The van der Waals surface area contributed by atoms with Crippen LogP contribution in [0.25, 0.3) is 22.2 Å². The predicted molar refractivity (Wildman–Crippen MR) is 105 cm³/mol. The van der Waals surface area contributed by atoms with E-state index >= 15 is 0 Å². The first-order valence-corrected chi connectivity index (χ1v) is 10.0. The molecule has 0 spiro atoms. The van der Waals surface area contributed by atoms with Crippen molar-refractivity contribution in [3.05, 3.63) is 60.6 Å². The Balaban J connectivity index is 1.59. The van der Waals surface area contributed by atoms with Gasteiger partial charge in [-0.15, -0.1) is 38.3 Å². The second-order valence-electron chi connectivity index (χ2n) is 5.62.